The maximum absolute atomic E-state index is 10.5. The molecule has 0 unspecified atom stereocenters. The first kappa shape index (κ1) is 9.44. The average Bonchev–Trinajstić information content (AvgIpc) is 2.05. The number of carbonyl (C=O) groups excluding carboxylic acids is 1. The first-order chi connectivity index (χ1) is 5.65. The number of halogens is 1. The van der Waals surface area contributed by atoms with Crippen molar-refractivity contribution in [1.82, 2.24) is 4.98 Å². The van der Waals surface area contributed by atoms with Gasteiger partial charge in [0.2, 0.25) is 0 Å². The lowest BCUT2D eigenvalue weighted by Crippen LogP contribution is -2.09. The van der Waals surface area contributed by atoms with Crippen molar-refractivity contribution < 1.29 is 4.79 Å². The van der Waals surface area contributed by atoms with E-state index in [9.17, 15) is 4.79 Å². The zero-order valence-corrected chi connectivity index (χ0v) is 9.07. The lowest BCUT2D eigenvalue weighted by atomic mass is 10.3. The van der Waals surface area contributed by atoms with Gasteiger partial charge in [-0.05, 0) is 28.7 Å². The molecule has 0 amide bonds. The Balaban J connectivity index is 3.13. The molecule has 0 radical (unpaired) electrons. The summed E-state index contributed by atoms with van der Waals surface area (Å²) in [5, 5.41) is 0. The van der Waals surface area contributed by atoms with Crippen LogP contribution in [0.4, 0.5) is 5.69 Å². The Morgan fingerprint density at radius 2 is 2.25 bits per heavy atom. The fourth-order valence-electron chi connectivity index (χ4n) is 0.781. The Morgan fingerprint density at radius 3 is 2.75 bits per heavy atom. The third-order valence-electron chi connectivity index (χ3n) is 1.50. The summed E-state index contributed by atoms with van der Waals surface area (Å²) in [5.74, 6) is 0. The number of hydrogen-bond donors (Lipinski definition) is 0. The second-order valence-corrected chi connectivity index (χ2v) is 3.61. The fourth-order valence-corrected chi connectivity index (χ4v) is 1.20. The first-order valence-corrected chi connectivity index (χ1v) is 4.51. The molecule has 1 aromatic heterocycles. The molecular formula is C8H9IN2O. The molecule has 0 saturated heterocycles. The molecule has 0 atom stereocenters. The van der Waals surface area contributed by atoms with E-state index in [0.29, 0.717) is 5.56 Å². The predicted molar refractivity (Wildman–Crippen MR) is 56.7 cm³/mol. The third kappa shape index (κ3) is 1.94. The van der Waals surface area contributed by atoms with Gasteiger partial charge in [-0.1, -0.05) is 0 Å². The van der Waals surface area contributed by atoms with Crippen molar-refractivity contribution in [2.45, 2.75) is 0 Å². The molecule has 12 heavy (non-hydrogen) atoms. The quantitative estimate of drug-likeness (QED) is 0.467. The van der Waals surface area contributed by atoms with E-state index in [1.165, 1.54) is 0 Å². The fraction of sp³-hybridized carbons (Fsp3) is 0.250. The van der Waals surface area contributed by atoms with Gasteiger partial charge in [0.05, 0.1) is 11.9 Å². The van der Waals surface area contributed by atoms with Crippen LogP contribution in [0.2, 0.25) is 0 Å². The molecule has 0 aromatic carbocycles. The van der Waals surface area contributed by atoms with Crippen LogP contribution in [-0.4, -0.2) is 25.4 Å². The van der Waals surface area contributed by atoms with Crippen LogP contribution >= 0.6 is 22.6 Å². The topological polar surface area (TPSA) is 33.2 Å². The third-order valence-corrected chi connectivity index (χ3v) is 2.40. The van der Waals surface area contributed by atoms with E-state index in [0.717, 1.165) is 15.7 Å². The Bertz CT molecular complexity index is 299. The lowest BCUT2D eigenvalue weighted by molar-refractivity contribution is 0.112. The molecule has 0 saturated carbocycles. The van der Waals surface area contributed by atoms with Gasteiger partial charge in [0.1, 0.15) is 3.70 Å². The molecule has 0 aliphatic carbocycles. The second kappa shape index (κ2) is 3.84. The van der Waals surface area contributed by atoms with Gasteiger partial charge in [-0.15, -0.1) is 0 Å². The van der Waals surface area contributed by atoms with Crippen LogP contribution in [-0.2, 0) is 0 Å². The summed E-state index contributed by atoms with van der Waals surface area (Å²) >= 11 is 2.04. The van der Waals surface area contributed by atoms with Gasteiger partial charge >= 0.3 is 0 Å². The molecule has 0 spiro atoms. The predicted octanol–water partition coefficient (Wildman–Crippen LogP) is 1.56. The van der Waals surface area contributed by atoms with Crippen LogP contribution in [0.1, 0.15) is 10.4 Å². The summed E-state index contributed by atoms with van der Waals surface area (Å²) in [5.41, 5.74) is 1.58. The Kier molecular flexibility index (Phi) is 3.02. The van der Waals surface area contributed by atoms with E-state index in [1.54, 1.807) is 6.20 Å². The molecule has 1 heterocycles. The summed E-state index contributed by atoms with van der Waals surface area (Å²) in [6.07, 6.45) is 2.57. The van der Waals surface area contributed by atoms with Gasteiger partial charge < -0.3 is 4.90 Å². The van der Waals surface area contributed by atoms with E-state index < -0.39 is 0 Å². The van der Waals surface area contributed by atoms with Gasteiger partial charge in [0, 0.05) is 19.7 Å². The number of aldehydes is 1. The standard InChI is InChI=1S/C8H9IN2O/c1-11(2)7-3-6(5-12)8(9)10-4-7/h3-5H,1-2H3. The van der Waals surface area contributed by atoms with Gasteiger partial charge in [0.25, 0.3) is 0 Å². The molecule has 3 nitrogen and oxygen atoms in total. The van der Waals surface area contributed by atoms with Crippen molar-refractivity contribution >= 4 is 34.6 Å². The molecule has 0 fully saturated rings. The van der Waals surface area contributed by atoms with E-state index in [4.69, 9.17) is 0 Å². The summed E-state index contributed by atoms with van der Waals surface area (Å²) in [7, 11) is 3.83. The van der Waals surface area contributed by atoms with Crippen LogP contribution in [0.5, 0.6) is 0 Å². The summed E-state index contributed by atoms with van der Waals surface area (Å²) in [4.78, 5) is 16.5. The highest BCUT2D eigenvalue weighted by Gasteiger charge is 2.02. The highest BCUT2D eigenvalue weighted by Crippen LogP contribution is 2.14. The largest absolute Gasteiger partial charge is 0.376 e. The van der Waals surface area contributed by atoms with Crippen LogP contribution in [0.15, 0.2) is 12.3 Å². The molecule has 4 heteroatoms. The van der Waals surface area contributed by atoms with Gasteiger partial charge in [-0.3, -0.25) is 4.79 Å². The number of pyridine rings is 1. The molecule has 1 aromatic rings. The number of rotatable bonds is 2. The molecular weight excluding hydrogens is 267 g/mol. The smallest absolute Gasteiger partial charge is 0.152 e. The zero-order valence-electron chi connectivity index (χ0n) is 6.91. The van der Waals surface area contributed by atoms with Crippen molar-refractivity contribution in [2.24, 2.45) is 0 Å². The van der Waals surface area contributed by atoms with E-state index in [-0.39, 0.29) is 0 Å². The lowest BCUT2D eigenvalue weighted by Gasteiger charge is -2.11. The molecule has 0 aliphatic heterocycles. The summed E-state index contributed by atoms with van der Waals surface area (Å²) in [6, 6.07) is 1.82. The SMILES string of the molecule is CN(C)c1cnc(I)c(C=O)c1. The van der Waals surface area contributed by atoms with Gasteiger partial charge in [0.15, 0.2) is 6.29 Å². The molecule has 0 bridgehead atoms. The van der Waals surface area contributed by atoms with Gasteiger partial charge in [-0.25, -0.2) is 4.98 Å². The Morgan fingerprint density at radius 1 is 1.58 bits per heavy atom. The average molecular weight is 276 g/mol. The molecule has 64 valence electrons. The summed E-state index contributed by atoms with van der Waals surface area (Å²) < 4.78 is 0.744. The zero-order chi connectivity index (χ0) is 9.14. The molecule has 0 N–H and O–H groups in total. The van der Waals surface area contributed by atoms with Crippen LogP contribution in [0, 0.1) is 3.70 Å². The normalized spacial score (nSPS) is 9.58. The van der Waals surface area contributed by atoms with Crippen molar-refractivity contribution in [1.29, 1.82) is 0 Å². The van der Waals surface area contributed by atoms with Crippen molar-refractivity contribution in [3.8, 4) is 0 Å². The number of aromatic nitrogens is 1. The van der Waals surface area contributed by atoms with Crippen molar-refractivity contribution in [3.05, 3.63) is 21.5 Å². The molecule has 0 aliphatic rings. The van der Waals surface area contributed by atoms with Gasteiger partial charge in [-0.2, -0.15) is 0 Å². The number of nitrogens with zero attached hydrogens (tertiary/aromatic N) is 2. The summed E-state index contributed by atoms with van der Waals surface area (Å²) in [6.45, 7) is 0. The van der Waals surface area contributed by atoms with Crippen molar-refractivity contribution in [2.75, 3.05) is 19.0 Å². The van der Waals surface area contributed by atoms with Crippen LogP contribution in [0.25, 0.3) is 0 Å². The first-order valence-electron chi connectivity index (χ1n) is 3.43. The highest BCUT2D eigenvalue weighted by molar-refractivity contribution is 14.1. The Hall–Kier alpha value is -0.650. The molecule has 1 rings (SSSR count). The second-order valence-electron chi connectivity index (χ2n) is 2.59. The van der Waals surface area contributed by atoms with Crippen molar-refractivity contribution in [3.63, 3.8) is 0 Å². The van der Waals surface area contributed by atoms with E-state index in [2.05, 4.69) is 4.98 Å². The minimum Gasteiger partial charge on any atom is -0.376 e. The highest BCUT2D eigenvalue weighted by atomic mass is 127. The Labute approximate surface area is 84.9 Å². The monoisotopic (exact) mass is 276 g/mol. The van der Waals surface area contributed by atoms with E-state index in [1.807, 2.05) is 47.7 Å². The maximum Gasteiger partial charge on any atom is 0.152 e. The number of anilines is 1. The van der Waals surface area contributed by atoms with Crippen LogP contribution < -0.4 is 4.90 Å². The van der Waals surface area contributed by atoms with Crippen LogP contribution in [0.3, 0.4) is 0 Å². The minimum atomic E-state index is 0.641. The minimum absolute atomic E-state index is 0.641. The number of hydrogen-bond acceptors (Lipinski definition) is 3. The number of carbonyl (C=O) groups is 1. The maximum atomic E-state index is 10.5. The van der Waals surface area contributed by atoms with E-state index >= 15 is 0 Å².